The van der Waals surface area contributed by atoms with Crippen molar-refractivity contribution in [3.05, 3.63) is 28.0 Å². The lowest BCUT2D eigenvalue weighted by Crippen LogP contribution is -2.32. The van der Waals surface area contributed by atoms with Crippen molar-refractivity contribution in [1.82, 2.24) is 19.7 Å². The molecule has 2 aromatic rings. The summed E-state index contributed by atoms with van der Waals surface area (Å²) in [6.45, 7) is 5.54. The molecule has 0 aliphatic carbocycles. The summed E-state index contributed by atoms with van der Waals surface area (Å²) >= 11 is 1.58. The molecular weight excluding hydrogens is 274 g/mol. The third kappa shape index (κ3) is 3.56. The van der Waals surface area contributed by atoms with Crippen molar-refractivity contribution in [1.29, 1.82) is 0 Å². The predicted octanol–water partition coefficient (Wildman–Crippen LogP) is 1.03. The predicted molar refractivity (Wildman–Crippen MR) is 80.6 cm³/mol. The molecule has 2 aromatic heterocycles. The summed E-state index contributed by atoms with van der Waals surface area (Å²) < 4.78 is 1.77. The first-order chi connectivity index (χ1) is 9.47. The molecule has 0 saturated heterocycles. The van der Waals surface area contributed by atoms with Gasteiger partial charge in [-0.1, -0.05) is 0 Å². The number of thiazole rings is 1. The van der Waals surface area contributed by atoms with E-state index < -0.39 is 6.10 Å². The maximum absolute atomic E-state index is 10.2. The lowest BCUT2D eigenvalue weighted by atomic mass is 10.3. The number of aromatic nitrogens is 3. The van der Waals surface area contributed by atoms with Crippen LogP contribution in [0, 0.1) is 13.8 Å². The Morgan fingerprint density at radius 3 is 2.80 bits per heavy atom. The average Bonchev–Trinajstić information content (AvgIpc) is 2.95. The average molecular weight is 295 g/mol. The number of rotatable bonds is 6. The number of anilines is 1. The minimum atomic E-state index is -0.490. The van der Waals surface area contributed by atoms with Gasteiger partial charge in [0.15, 0.2) is 0 Å². The molecule has 1 unspecified atom stereocenters. The third-order valence-electron chi connectivity index (χ3n) is 3.26. The topological polar surface area (TPSA) is 80.2 Å². The Kier molecular flexibility index (Phi) is 4.74. The highest BCUT2D eigenvalue weighted by Gasteiger charge is 2.14. The molecule has 6 nitrogen and oxygen atoms in total. The number of aryl methyl sites for hydroxylation is 1. The van der Waals surface area contributed by atoms with Crippen molar-refractivity contribution in [2.45, 2.75) is 33.0 Å². The molecule has 110 valence electrons. The monoisotopic (exact) mass is 295 g/mol. The summed E-state index contributed by atoms with van der Waals surface area (Å²) in [7, 11) is 1.97. The lowest BCUT2D eigenvalue weighted by molar-refractivity contribution is 0.103. The highest BCUT2D eigenvalue weighted by molar-refractivity contribution is 7.07. The van der Waals surface area contributed by atoms with Crippen LogP contribution < -0.4 is 5.73 Å². The molecule has 0 bridgehead atoms. The Hall–Kier alpha value is -1.44. The van der Waals surface area contributed by atoms with Crippen LogP contribution in [0.1, 0.15) is 17.1 Å². The Labute approximate surface area is 122 Å². The van der Waals surface area contributed by atoms with Crippen LogP contribution in [0.4, 0.5) is 5.69 Å². The van der Waals surface area contributed by atoms with Crippen LogP contribution >= 0.6 is 11.3 Å². The van der Waals surface area contributed by atoms with Gasteiger partial charge in [-0.3, -0.25) is 9.58 Å². The number of aliphatic hydroxyl groups is 1. The number of nitrogens with zero attached hydrogens (tertiary/aromatic N) is 4. The first kappa shape index (κ1) is 15.0. The molecule has 7 heteroatoms. The van der Waals surface area contributed by atoms with Crippen LogP contribution in [0.5, 0.6) is 0 Å². The van der Waals surface area contributed by atoms with Gasteiger partial charge in [0.1, 0.15) is 0 Å². The van der Waals surface area contributed by atoms with E-state index in [2.05, 4.69) is 15.0 Å². The van der Waals surface area contributed by atoms with Crippen LogP contribution in [-0.2, 0) is 13.1 Å². The van der Waals surface area contributed by atoms with Gasteiger partial charge in [-0.05, 0) is 20.9 Å². The van der Waals surface area contributed by atoms with Crippen molar-refractivity contribution in [3.8, 4) is 0 Å². The molecule has 2 heterocycles. The van der Waals surface area contributed by atoms with E-state index in [1.54, 1.807) is 16.0 Å². The maximum Gasteiger partial charge on any atom is 0.0862 e. The van der Waals surface area contributed by atoms with E-state index in [1.807, 2.05) is 31.8 Å². The van der Waals surface area contributed by atoms with Crippen molar-refractivity contribution in [2.75, 3.05) is 19.3 Å². The van der Waals surface area contributed by atoms with E-state index in [-0.39, 0.29) is 0 Å². The second kappa shape index (κ2) is 6.34. The Balaban J connectivity index is 1.88. The summed E-state index contributed by atoms with van der Waals surface area (Å²) in [5.41, 5.74) is 11.2. The zero-order valence-electron chi connectivity index (χ0n) is 12.1. The zero-order valence-corrected chi connectivity index (χ0v) is 12.9. The van der Waals surface area contributed by atoms with E-state index in [1.165, 1.54) is 0 Å². The fraction of sp³-hybridized carbons (Fsp3) is 0.538. The van der Waals surface area contributed by atoms with Gasteiger partial charge in [0, 0.05) is 18.5 Å². The highest BCUT2D eigenvalue weighted by Crippen LogP contribution is 2.15. The second-order valence-electron chi connectivity index (χ2n) is 5.10. The largest absolute Gasteiger partial charge is 0.396 e. The van der Waals surface area contributed by atoms with E-state index in [4.69, 9.17) is 5.73 Å². The maximum atomic E-state index is 10.2. The van der Waals surface area contributed by atoms with Crippen molar-refractivity contribution >= 4 is 17.0 Å². The van der Waals surface area contributed by atoms with Crippen LogP contribution in [0.3, 0.4) is 0 Å². The Bertz CT molecular complexity index is 551. The molecule has 0 amide bonds. The zero-order chi connectivity index (χ0) is 14.7. The van der Waals surface area contributed by atoms with Crippen molar-refractivity contribution < 1.29 is 5.11 Å². The minimum Gasteiger partial charge on any atom is -0.396 e. The van der Waals surface area contributed by atoms with E-state index in [0.717, 1.165) is 23.6 Å². The first-order valence-corrected chi connectivity index (χ1v) is 7.44. The number of hydrogen-bond donors (Lipinski definition) is 2. The molecule has 0 spiro atoms. The van der Waals surface area contributed by atoms with Crippen LogP contribution in [0.2, 0.25) is 0 Å². The molecular formula is C13H21N5OS. The molecule has 0 fully saturated rings. The first-order valence-electron chi connectivity index (χ1n) is 6.50. The van der Waals surface area contributed by atoms with Gasteiger partial charge in [-0.25, -0.2) is 4.98 Å². The van der Waals surface area contributed by atoms with Gasteiger partial charge in [-0.15, -0.1) is 11.3 Å². The van der Waals surface area contributed by atoms with Gasteiger partial charge in [-0.2, -0.15) is 5.10 Å². The molecule has 1 atom stereocenters. The number of nitrogens with two attached hydrogens (primary N) is 1. The standard InChI is InChI=1S/C13H21N5OS/c1-9-13(14)10(2)18(16-9)6-12(19)5-17(3)4-11-7-20-8-15-11/h7-8,12,19H,4-6,14H2,1-3H3. The SMILES string of the molecule is Cc1nn(CC(O)CN(C)Cc2cscn2)c(C)c1N. The fourth-order valence-electron chi connectivity index (χ4n) is 2.16. The number of likely N-dealkylation sites (N-methyl/N-ethyl adjacent to an activating group) is 1. The molecule has 20 heavy (non-hydrogen) atoms. The second-order valence-corrected chi connectivity index (χ2v) is 5.82. The minimum absolute atomic E-state index is 0.450. The molecule has 0 aliphatic heterocycles. The number of hydrogen-bond acceptors (Lipinski definition) is 6. The summed E-state index contributed by atoms with van der Waals surface area (Å²) in [5, 5.41) is 16.5. The van der Waals surface area contributed by atoms with Gasteiger partial charge in [0.05, 0.1) is 40.9 Å². The molecule has 0 aromatic carbocycles. The van der Waals surface area contributed by atoms with Gasteiger partial charge in [0.25, 0.3) is 0 Å². The highest BCUT2D eigenvalue weighted by atomic mass is 32.1. The lowest BCUT2D eigenvalue weighted by Gasteiger charge is -2.20. The third-order valence-corrected chi connectivity index (χ3v) is 3.89. The Morgan fingerprint density at radius 1 is 1.50 bits per heavy atom. The van der Waals surface area contributed by atoms with E-state index in [9.17, 15) is 5.11 Å². The van der Waals surface area contributed by atoms with Gasteiger partial charge < -0.3 is 10.8 Å². The fourth-order valence-corrected chi connectivity index (χ4v) is 2.71. The quantitative estimate of drug-likeness (QED) is 0.832. The molecule has 0 aliphatic rings. The van der Waals surface area contributed by atoms with Gasteiger partial charge >= 0.3 is 0 Å². The molecule has 0 saturated carbocycles. The molecule has 0 radical (unpaired) electrons. The smallest absolute Gasteiger partial charge is 0.0862 e. The van der Waals surface area contributed by atoms with Crippen molar-refractivity contribution in [3.63, 3.8) is 0 Å². The van der Waals surface area contributed by atoms with Gasteiger partial charge in [0.2, 0.25) is 0 Å². The van der Waals surface area contributed by atoms with E-state index in [0.29, 0.717) is 18.8 Å². The van der Waals surface area contributed by atoms with Crippen LogP contribution in [-0.4, -0.2) is 44.5 Å². The molecule has 3 N–H and O–H groups in total. The summed E-state index contributed by atoms with van der Waals surface area (Å²) in [6, 6.07) is 0. The summed E-state index contributed by atoms with van der Waals surface area (Å²) in [6.07, 6.45) is -0.490. The van der Waals surface area contributed by atoms with Crippen LogP contribution in [0.25, 0.3) is 0 Å². The Morgan fingerprint density at radius 2 is 2.25 bits per heavy atom. The summed E-state index contributed by atoms with van der Waals surface area (Å²) in [5.74, 6) is 0. The normalized spacial score (nSPS) is 13.1. The molecule has 2 rings (SSSR count). The van der Waals surface area contributed by atoms with E-state index >= 15 is 0 Å². The van der Waals surface area contributed by atoms with Crippen molar-refractivity contribution in [2.24, 2.45) is 0 Å². The summed E-state index contributed by atoms with van der Waals surface area (Å²) in [4.78, 5) is 6.29. The number of nitrogen functional groups attached to an aromatic ring is 1. The van der Waals surface area contributed by atoms with Crippen LogP contribution in [0.15, 0.2) is 10.9 Å². The number of aliphatic hydroxyl groups excluding tert-OH is 1.